The highest BCUT2D eigenvalue weighted by Crippen LogP contribution is 2.26. The summed E-state index contributed by atoms with van der Waals surface area (Å²) in [4.78, 5) is 10.7. The predicted molar refractivity (Wildman–Crippen MR) is 68.2 cm³/mol. The van der Waals surface area contributed by atoms with E-state index in [4.69, 9.17) is 9.47 Å². The number of ketones is 1. The number of aryl methyl sites for hydroxylation is 1. The lowest BCUT2D eigenvalue weighted by atomic mass is 10.0. The van der Waals surface area contributed by atoms with Gasteiger partial charge in [-0.05, 0) is 30.9 Å². The van der Waals surface area contributed by atoms with E-state index in [-0.39, 0.29) is 6.42 Å². The van der Waals surface area contributed by atoms with Crippen molar-refractivity contribution < 1.29 is 27.4 Å². The molecule has 0 heterocycles. The number of ether oxygens (including phenoxy) is 2. The van der Waals surface area contributed by atoms with Crippen LogP contribution in [0.5, 0.6) is 11.5 Å². The monoisotopic (exact) mass is 290 g/mol. The molecule has 1 aromatic rings. The first-order chi connectivity index (χ1) is 9.38. The number of hydrogen-bond donors (Lipinski definition) is 0. The highest BCUT2D eigenvalue weighted by Gasteiger charge is 2.37. The van der Waals surface area contributed by atoms with Gasteiger partial charge in [-0.15, -0.1) is 0 Å². The molecule has 0 saturated heterocycles. The zero-order valence-electron chi connectivity index (χ0n) is 11.4. The quantitative estimate of drug-likeness (QED) is 0.720. The first kappa shape index (κ1) is 16.3. The van der Waals surface area contributed by atoms with Gasteiger partial charge in [-0.25, -0.2) is 0 Å². The Hall–Kier alpha value is -1.72. The second-order valence-corrected chi connectivity index (χ2v) is 4.31. The number of benzene rings is 1. The van der Waals surface area contributed by atoms with Crippen LogP contribution in [0.4, 0.5) is 13.2 Å². The van der Waals surface area contributed by atoms with Crippen LogP contribution in [0.25, 0.3) is 0 Å². The Morgan fingerprint density at radius 3 is 2.40 bits per heavy atom. The Balaban J connectivity index is 2.48. The molecule has 0 aliphatic rings. The molecule has 1 aromatic carbocycles. The average Bonchev–Trinajstić information content (AvgIpc) is 2.42. The molecule has 0 unspecified atom stereocenters. The standard InChI is InChI=1S/C14H17F3O3/c1-19-11-8-7-10(12(9-11)20-2)5-3-4-6-13(18)14(15,16)17/h7-9H,3-6H2,1-2H3. The Morgan fingerprint density at radius 2 is 1.85 bits per heavy atom. The molecule has 20 heavy (non-hydrogen) atoms. The minimum Gasteiger partial charge on any atom is -0.497 e. The fraction of sp³-hybridized carbons (Fsp3) is 0.500. The lowest BCUT2D eigenvalue weighted by Crippen LogP contribution is -2.22. The number of alkyl halides is 3. The van der Waals surface area contributed by atoms with E-state index in [0.717, 1.165) is 5.56 Å². The lowest BCUT2D eigenvalue weighted by Gasteiger charge is -2.10. The van der Waals surface area contributed by atoms with E-state index in [0.29, 0.717) is 24.3 Å². The van der Waals surface area contributed by atoms with Gasteiger partial charge in [0.1, 0.15) is 11.5 Å². The smallest absolute Gasteiger partial charge is 0.449 e. The van der Waals surface area contributed by atoms with Crippen molar-refractivity contribution in [2.45, 2.75) is 31.9 Å². The Morgan fingerprint density at radius 1 is 1.15 bits per heavy atom. The van der Waals surface area contributed by atoms with Gasteiger partial charge in [0.05, 0.1) is 14.2 Å². The normalized spacial score (nSPS) is 11.2. The summed E-state index contributed by atoms with van der Waals surface area (Å²) in [6, 6.07) is 5.29. The molecule has 1 rings (SSSR count). The van der Waals surface area contributed by atoms with Crippen LogP contribution in [-0.4, -0.2) is 26.2 Å². The summed E-state index contributed by atoms with van der Waals surface area (Å²) in [5.41, 5.74) is 0.882. The van der Waals surface area contributed by atoms with Crippen molar-refractivity contribution in [1.82, 2.24) is 0 Å². The summed E-state index contributed by atoms with van der Waals surface area (Å²) in [6.07, 6.45) is -3.95. The third-order valence-electron chi connectivity index (χ3n) is 2.91. The van der Waals surface area contributed by atoms with Crippen LogP contribution in [0, 0.1) is 0 Å². The molecule has 0 aliphatic heterocycles. The molecule has 0 radical (unpaired) electrons. The van der Waals surface area contributed by atoms with Gasteiger partial charge in [0, 0.05) is 12.5 Å². The van der Waals surface area contributed by atoms with Crippen LogP contribution < -0.4 is 9.47 Å². The average molecular weight is 290 g/mol. The van der Waals surface area contributed by atoms with Crippen molar-refractivity contribution in [3.05, 3.63) is 23.8 Å². The van der Waals surface area contributed by atoms with Crippen LogP contribution in [0.15, 0.2) is 18.2 Å². The second-order valence-electron chi connectivity index (χ2n) is 4.31. The van der Waals surface area contributed by atoms with Gasteiger partial charge in [0.2, 0.25) is 5.78 Å². The van der Waals surface area contributed by atoms with Crippen molar-refractivity contribution in [1.29, 1.82) is 0 Å². The highest BCUT2D eigenvalue weighted by molar-refractivity contribution is 5.83. The van der Waals surface area contributed by atoms with Gasteiger partial charge in [-0.1, -0.05) is 6.07 Å². The third-order valence-corrected chi connectivity index (χ3v) is 2.91. The van der Waals surface area contributed by atoms with E-state index < -0.39 is 18.4 Å². The Labute approximate surface area is 115 Å². The van der Waals surface area contributed by atoms with Gasteiger partial charge in [0.25, 0.3) is 0 Å². The van der Waals surface area contributed by atoms with Crippen LogP contribution >= 0.6 is 0 Å². The number of hydrogen-bond acceptors (Lipinski definition) is 3. The zero-order chi connectivity index (χ0) is 15.2. The molecule has 0 bridgehead atoms. The molecule has 0 saturated carbocycles. The second kappa shape index (κ2) is 7.17. The fourth-order valence-electron chi connectivity index (χ4n) is 1.80. The van der Waals surface area contributed by atoms with Crippen molar-refractivity contribution in [2.75, 3.05) is 14.2 Å². The molecule has 0 N–H and O–H groups in total. The number of carbonyl (C=O) groups excluding carboxylic acids is 1. The minimum absolute atomic E-state index is 0.202. The molecule has 0 aromatic heterocycles. The van der Waals surface area contributed by atoms with Crippen LogP contribution in [0.1, 0.15) is 24.8 Å². The van der Waals surface area contributed by atoms with E-state index in [1.807, 2.05) is 6.07 Å². The van der Waals surface area contributed by atoms with Crippen LogP contribution in [-0.2, 0) is 11.2 Å². The largest absolute Gasteiger partial charge is 0.497 e. The number of methoxy groups -OCH3 is 2. The summed E-state index contributed by atoms with van der Waals surface area (Å²) in [5.74, 6) is -0.386. The van der Waals surface area contributed by atoms with Gasteiger partial charge < -0.3 is 9.47 Å². The number of unbranched alkanes of at least 4 members (excludes halogenated alkanes) is 1. The summed E-state index contributed by atoms with van der Waals surface area (Å²) >= 11 is 0. The predicted octanol–water partition coefficient (Wildman–Crippen LogP) is 3.55. The summed E-state index contributed by atoms with van der Waals surface area (Å²) in [6.45, 7) is 0. The number of halogens is 3. The summed E-state index contributed by atoms with van der Waals surface area (Å²) in [7, 11) is 3.06. The van der Waals surface area contributed by atoms with E-state index >= 15 is 0 Å². The number of carbonyl (C=O) groups is 1. The lowest BCUT2D eigenvalue weighted by molar-refractivity contribution is -0.171. The number of rotatable bonds is 7. The van der Waals surface area contributed by atoms with Crippen molar-refractivity contribution in [3.8, 4) is 11.5 Å². The van der Waals surface area contributed by atoms with E-state index in [1.54, 1.807) is 12.1 Å². The fourth-order valence-corrected chi connectivity index (χ4v) is 1.80. The third kappa shape index (κ3) is 4.75. The van der Waals surface area contributed by atoms with Gasteiger partial charge >= 0.3 is 6.18 Å². The topological polar surface area (TPSA) is 35.5 Å². The SMILES string of the molecule is COc1ccc(CCCCC(=O)C(F)(F)F)c(OC)c1. The molecular weight excluding hydrogens is 273 g/mol. The van der Waals surface area contributed by atoms with E-state index in [9.17, 15) is 18.0 Å². The maximum Gasteiger partial charge on any atom is 0.449 e. The maximum atomic E-state index is 12.0. The van der Waals surface area contributed by atoms with E-state index in [2.05, 4.69) is 0 Å². The molecule has 0 aliphatic carbocycles. The van der Waals surface area contributed by atoms with Crippen molar-refractivity contribution in [2.24, 2.45) is 0 Å². The first-order valence-electron chi connectivity index (χ1n) is 6.19. The molecule has 6 heteroatoms. The molecule has 112 valence electrons. The molecule has 3 nitrogen and oxygen atoms in total. The molecule has 0 fully saturated rings. The first-order valence-corrected chi connectivity index (χ1v) is 6.19. The van der Waals surface area contributed by atoms with Crippen LogP contribution in [0.2, 0.25) is 0 Å². The van der Waals surface area contributed by atoms with E-state index in [1.165, 1.54) is 14.2 Å². The van der Waals surface area contributed by atoms with Gasteiger partial charge in [0.15, 0.2) is 0 Å². The maximum absolute atomic E-state index is 12.0. The summed E-state index contributed by atoms with van der Waals surface area (Å²) in [5, 5.41) is 0. The number of Topliss-reactive ketones (excluding diaryl/α,β-unsaturated/α-hetero) is 1. The van der Waals surface area contributed by atoms with Crippen molar-refractivity contribution >= 4 is 5.78 Å². The van der Waals surface area contributed by atoms with Gasteiger partial charge in [-0.3, -0.25) is 4.79 Å². The molecule has 0 atom stereocenters. The Kier molecular flexibility index (Phi) is 5.85. The van der Waals surface area contributed by atoms with Crippen molar-refractivity contribution in [3.63, 3.8) is 0 Å². The summed E-state index contributed by atoms with van der Waals surface area (Å²) < 4.78 is 46.3. The highest BCUT2D eigenvalue weighted by atomic mass is 19.4. The van der Waals surface area contributed by atoms with Gasteiger partial charge in [-0.2, -0.15) is 13.2 Å². The zero-order valence-corrected chi connectivity index (χ0v) is 11.4. The molecular formula is C14H17F3O3. The molecule has 0 amide bonds. The molecule has 0 spiro atoms. The van der Waals surface area contributed by atoms with Crippen LogP contribution in [0.3, 0.4) is 0 Å². The minimum atomic E-state index is -4.72. The Bertz CT molecular complexity index is 455.